The number of thiocarbonyl (C=S) groups is 1. The van der Waals surface area contributed by atoms with Crippen LogP contribution in [0.3, 0.4) is 0 Å². The fourth-order valence-electron chi connectivity index (χ4n) is 0.727. The summed E-state index contributed by atoms with van der Waals surface area (Å²) >= 11 is 6.90. The Hall–Kier alpha value is 0.240. The minimum atomic E-state index is 0.969. The van der Waals surface area contributed by atoms with Gasteiger partial charge >= 0.3 is 0 Å². The lowest BCUT2D eigenvalue weighted by Crippen LogP contribution is -2.19. The van der Waals surface area contributed by atoms with Crippen LogP contribution in [0.25, 0.3) is 0 Å². The van der Waals surface area contributed by atoms with Crippen molar-refractivity contribution >= 4 is 28.3 Å². The molecule has 0 fully saturated rings. The summed E-state index contributed by atoms with van der Waals surface area (Å²) < 4.78 is 0.969. The van der Waals surface area contributed by atoms with Crippen LogP contribution in [0.15, 0.2) is 0 Å². The van der Waals surface area contributed by atoms with Gasteiger partial charge in [-0.2, -0.15) is 0 Å². The van der Waals surface area contributed by atoms with E-state index in [1.807, 2.05) is 0 Å². The SMILES string of the molecule is CCCCNC(=S)SCCCC. The Morgan fingerprint density at radius 3 is 2.50 bits per heavy atom. The third-order valence-corrected chi connectivity index (χ3v) is 2.93. The lowest BCUT2D eigenvalue weighted by Gasteiger charge is -2.05. The lowest BCUT2D eigenvalue weighted by molar-refractivity contribution is 0.762. The van der Waals surface area contributed by atoms with E-state index < -0.39 is 0 Å². The van der Waals surface area contributed by atoms with Gasteiger partial charge in [-0.25, -0.2) is 0 Å². The number of rotatable bonds is 6. The van der Waals surface area contributed by atoms with Crippen molar-refractivity contribution in [3.63, 3.8) is 0 Å². The zero-order valence-electron chi connectivity index (χ0n) is 8.06. The molecule has 0 aliphatic heterocycles. The first-order valence-electron chi connectivity index (χ1n) is 4.71. The monoisotopic (exact) mass is 205 g/mol. The molecule has 0 aliphatic rings. The molecule has 72 valence electrons. The van der Waals surface area contributed by atoms with Crippen LogP contribution in [0.4, 0.5) is 0 Å². The lowest BCUT2D eigenvalue weighted by atomic mass is 10.3. The average molecular weight is 205 g/mol. The second-order valence-corrected chi connectivity index (χ2v) is 4.54. The summed E-state index contributed by atoms with van der Waals surface area (Å²) in [5.41, 5.74) is 0. The van der Waals surface area contributed by atoms with Crippen molar-refractivity contribution in [1.82, 2.24) is 5.32 Å². The van der Waals surface area contributed by atoms with E-state index in [9.17, 15) is 0 Å². The van der Waals surface area contributed by atoms with Crippen LogP contribution < -0.4 is 5.32 Å². The molecule has 0 saturated heterocycles. The third kappa shape index (κ3) is 8.34. The second-order valence-electron chi connectivity index (χ2n) is 2.77. The molecule has 3 heteroatoms. The minimum Gasteiger partial charge on any atom is -0.371 e. The maximum atomic E-state index is 5.13. The maximum Gasteiger partial charge on any atom is 0.133 e. The third-order valence-electron chi connectivity index (χ3n) is 1.53. The molecule has 0 amide bonds. The quantitative estimate of drug-likeness (QED) is 0.528. The zero-order chi connectivity index (χ0) is 9.23. The van der Waals surface area contributed by atoms with Crippen molar-refractivity contribution in [1.29, 1.82) is 0 Å². The van der Waals surface area contributed by atoms with Gasteiger partial charge in [0.1, 0.15) is 4.32 Å². The predicted octanol–water partition coefficient (Wildman–Crippen LogP) is 3.19. The van der Waals surface area contributed by atoms with Gasteiger partial charge in [-0.05, 0) is 12.8 Å². The average Bonchev–Trinajstić information content (AvgIpc) is 2.06. The Kier molecular flexibility index (Phi) is 9.52. The van der Waals surface area contributed by atoms with Gasteiger partial charge in [0, 0.05) is 12.3 Å². The molecule has 1 N–H and O–H groups in total. The molecule has 0 spiro atoms. The molecule has 0 unspecified atom stereocenters. The van der Waals surface area contributed by atoms with Gasteiger partial charge in [-0.15, -0.1) is 0 Å². The van der Waals surface area contributed by atoms with Crippen LogP contribution in [-0.4, -0.2) is 16.6 Å². The van der Waals surface area contributed by atoms with Crippen LogP contribution in [0.2, 0.25) is 0 Å². The van der Waals surface area contributed by atoms with Crippen molar-refractivity contribution in [3.8, 4) is 0 Å². The normalized spacial score (nSPS) is 9.83. The Morgan fingerprint density at radius 2 is 1.92 bits per heavy atom. The van der Waals surface area contributed by atoms with Crippen LogP contribution in [-0.2, 0) is 0 Å². The summed E-state index contributed by atoms with van der Waals surface area (Å²) in [7, 11) is 0. The Bertz CT molecular complexity index is 103. The number of thioether (sulfide) groups is 1. The van der Waals surface area contributed by atoms with Gasteiger partial charge in [0.15, 0.2) is 0 Å². The highest BCUT2D eigenvalue weighted by molar-refractivity contribution is 8.22. The van der Waals surface area contributed by atoms with E-state index in [1.54, 1.807) is 11.8 Å². The van der Waals surface area contributed by atoms with E-state index in [-0.39, 0.29) is 0 Å². The molecule has 0 heterocycles. The topological polar surface area (TPSA) is 12.0 Å². The Morgan fingerprint density at radius 1 is 1.25 bits per heavy atom. The van der Waals surface area contributed by atoms with E-state index in [0.29, 0.717) is 0 Å². The van der Waals surface area contributed by atoms with Crippen LogP contribution >= 0.6 is 24.0 Å². The molecule has 0 atom stereocenters. The van der Waals surface area contributed by atoms with Crippen LogP contribution in [0, 0.1) is 0 Å². The summed E-state index contributed by atoms with van der Waals surface area (Å²) in [6.07, 6.45) is 4.97. The number of nitrogens with one attached hydrogen (secondary N) is 1. The van der Waals surface area contributed by atoms with Gasteiger partial charge in [0.2, 0.25) is 0 Å². The molecule has 0 aliphatic carbocycles. The summed E-state index contributed by atoms with van der Waals surface area (Å²) in [6.45, 7) is 5.43. The highest BCUT2D eigenvalue weighted by atomic mass is 32.2. The second kappa shape index (κ2) is 9.33. The molecular weight excluding hydrogens is 186 g/mol. The largest absolute Gasteiger partial charge is 0.371 e. The number of unbranched alkanes of at least 4 members (excludes halogenated alkanes) is 2. The van der Waals surface area contributed by atoms with Gasteiger partial charge in [0.25, 0.3) is 0 Å². The molecule has 0 rings (SSSR count). The highest BCUT2D eigenvalue weighted by Gasteiger charge is 1.94. The molecule has 1 nitrogen and oxygen atoms in total. The predicted molar refractivity (Wildman–Crippen MR) is 62.9 cm³/mol. The summed E-state index contributed by atoms with van der Waals surface area (Å²) in [4.78, 5) is 0. The zero-order valence-corrected chi connectivity index (χ0v) is 9.69. The molecule has 0 saturated carbocycles. The van der Waals surface area contributed by atoms with Gasteiger partial charge in [-0.1, -0.05) is 50.7 Å². The van der Waals surface area contributed by atoms with E-state index in [4.69, 9.17) is 12.2 Å². The number of hydrogen-bond acceptors (Lipinski definition) is 2. The fourth-order valence-corrected chi connectivity index (χ4v) is 1.90. The van der Waals surface area contributed by atoms with E-state index in [2.05, 4.69) is 19.2 Å². The first kappa shape index (κ1) is 12.2. The Balaban J connectivity index is 3.10. The van der Waals surface area contributed by atoms with Crippen molar-refractivity contribution in [2.75, 3.05) is 12.3 Å². The summed E-state index contributed by atoms with van der Waals surface area (Å²) in [5.74, 6) is 1.16. The standard InChI is InChI=1S/C9H19NS2/c1-3-5-7-10-9(11)12-8-6-4-2/h3-8H2,1-2H3,(H,10,11). The van der Waals surface area contributed by atoms with Crippen molar-refractivity contribution in [2.24, 2.45) is 0 Å². The van der Waals surface area contributed by atoms with Gasteiger partial charge in [-0.3, -0.25) is 0 Å². The van der Waals surface area contributed by atoms with Crippen LogP contribution in [0.5, 0.6) is 0 Å². The van der Waals surface area contributed by atoms with E-state index in [0.717, 1.165) is 16.6 Å². The van der Waals surface area contributed by atoms with Crippen molar-refractivity contribution in [3.05, 3.63) is 0 Å². The molecule has 12 heavy (non-hydrogen) atoms. The van der Waals surface area contributed by atoms with Crippen molar-refractivity contribution < 1.29 is 0 Å². The summed E-state index contributed by atoms with van der Waals surface area (Å²) in [5, 5.41) is 3.24. The number of hydrogen-bond donors (Lipinski definition) is 1. The first-order chi connectivity index (χ1) is 5.81. The molecule has 0 bridgehead atoms. The van der Waals surface area contributed by atoms with Gasteiger partial charge < -0.3 is 5.32 Å². The summed E-state index contributed by atoms with van der Waals surface area (Å²) in [6, 6.07) is 0. The molecule has 0 aromatic rings. The smallest absolute Gasteiger partial charge is 0.133 e. The molecule has 0 aromatic carbocycles. The fraction of sp³-hybridized carbons (Fsp3) is 0.889. The highest BCUT2D eigenvalue weighted by Crippen LogP contribution is 2.05. The van der Waals surface area contributed by atoms with Crippen LogP contribution in [0.1, 0.15) is 39.5 Å². The molecule has 0 radical (unpaired) electrons. The molecule has 0 aromatic heterocycles. The molecular formula is C9H19NS2. The minimum absolute atomic E-state index is 0.969. The van der Waals surface area contributed by atoms with Gasteiger partial charge in [0.05, 0.1) is 0 Å². The van der Waals surface area contributed by atoms with Crippen molar-refractivity contribution in [2.45, 2.75) is 39.5 Å². The van der Waals surface area contributed by atoms with E-state index in [1.165, 1.54) is 25.7 Å². The Labute approximate surface area is 85.7 Å². The maximum absolute atomic E-state index is 5.13. The first-order valence-corrected chi connectivity index (χ1v) is 6.11. The van der Waals surface area contributed by atoms with E-state index >= 15 is 0 Å².